The lowest BCUT2D eigenvalue weighted by molar-refractivity contribution is -0.154. The summed E-state index contributed by atoms with van der Waals surface area (Å²) in [6.07, 6.45) is -2.50. The Morgan fingerprint density at radius 3 is 2.59 bits per heavy atom. The largest absolute Gasteiger partial charge is 0.468 e. The van der Waals surface area contributed by atoms with Crippen molar-refractivity contribution in [2.75, 3.05) is 31.6 Å². The Balaban J connectivity index is 0.00000363. The molecule has 1 saturated heterocycles. The highest BCUT2D eigenvalue weighted by Gasteiger charge is 2.29. The number of aromatic nitrogens is 1. The first-order valence-corrected chi connectivity index (χ1v) is 9.56. The number of nitrogens with zero attached hydrogens (tertiary/aromatic N) is 3. The number of rotatable bonds is 6. The zero-order chi connectivity index (χ0) is 22.4. The van der Waals surface area contributed by atoms with Gasteiger partial charge in [0, 0.05) is 44.5 Å². The molecule has 1 atom stereocenters. The van der Waals surface area contributed by atoms with Crippen LogP contribution >= 0.6 is 24.0 Å². The Morgan fingerprint density at radius 2 is 1.94 bits per heavy atom. The van der Waals surface area contributed by atoms with Gasteiger partial charge in [0.2, 0.25) is 5.88 Å². The monoisotopic (exact) mass is 571 g/mol. The quantitative estimate of drug-likeness (QED) is 0.239. The van der Waals surface area contributed by atoms with Gasteiger partial charge in [-0.05, 0) is 24.6 Å². The summed E-state index contributed by atoms with van der Waals surface area (Å²) in [5.41, 5.74) is 0.368. The van der Waals surface area contributed by atoms with E-state index in [0.717, 1.165) is 0 Å². The fourth-order valence-corrected chi connectivity index (χ4v) is 3.28. The molecule has 176 valence electrons. The number of hydrogen-bond acceptors (Lipinski definition) is 4. The van der Waals surface area contributed by atoms with Crippen molar-refractivity contribution in [3.63, 3.8) is 0 Å². The average molecular weight is 571 g/mol. The summed E-state index contributed by atoms with van der Waals surface area (Å²) >= 11 is 0. The van der Waals surface area contributed by atoms with Crippen LogP contribution in [0.25, 0.3) is 0 Å². The molecule has 2 N–H and O–H groups in total. The van der Waals surface area contributed by atoms with E-state index in [4.69, 9.17) is 4.74 Å². The van der Waals surface area contributed by atoms with Crippen LogP contribution in [0.5, 0.6) is 5.88 Å². The number of benzene rings is 1. The lowest BCUT2D eigenvalue weighted by Gasteiger charge is -2.21. The zero-order valence-corrected chi connectivity index (χ0v) is 19.5. The molecule has 6 nitrogen and oxygen atoms in total. The number of halogens is 6. The molecule has 0 aliphatic carbocycles. The van der Waals surface area contributed by atoms with Crippen LogP contribution in [0.2, 0.25) is 0 Å². The minimum atomic E-state index is -4.47. The number of ether oxygens (including phenoxy) is 1. The molecule has 1 fully saturated rings. The van der Waals surface area contributed by atoms with Crippen molar-refractivity contribution >= 4 is 35.6 Å². The highest BCUT2D eigenvalue weighted by Crippen LogP contribution is 2.26. The molecule has 1 unspecified atom stereocenters. The predicted octanol–water partition coefficient (Wildman–Crippen LogP) is 3.86. The average Bonchev–Trinajstić information content (AvgIpc) is 3.17. The van der Waals surface area contributed by atoms with Crippen LogP contribution < -0.4 is 20.3 Å². The van der Waals surface area contributed by atoms with E-state index in [2.05, 4.69) is 20.6 Å². The Morgan fingerprint density at radius 1 is 1.22 bits per heavy atom. The van der Waals surface area contributed by atoms with Gasteiger partial charge in [0.15, 0.2) is 12.6 Å². The third-order valence-corrected chi connectivity index (χ3v) is 4.68. The molecule has 3 rings (SSSR count). The highest BCUT2D eigenvalue weighted by molar-refractivity contribution is 14.0. The van der Waals surface area contributed by atoms with Gasteiger partial charge in [-0.3, -0.25) is 4.99 Å². The van der Waals surface area contributed by atoms with E-state index in [1.165, 1.54) is 24.4 Å². The number of pyridine rings is 1. The van der Waals surface area contributed by atoms with Crippen molar-refractivity contribution in [2.24, 2.45) is 4.99 Å². The van der Waals surface area contributed by atoms with Gasteiger partial charge in [0.25, 0.3) is 0 Å². The van der Waals surface area contributed by atoms with E-state index in [0.29, 0.717) is 31.0 Å². The second-order valence-electron chi connectivity index (χ2n) is 6.94. The number of aliphatic imine (C=N–C) groups is 1. The van der Waals surface area contributed by atoms with Crippen LogP contribution in [-0.2, 0) is 6.54 Å². The van der Waals surface area contributed by atoms with Crippen molar-refractivity contribution in [2.45, 2.75) is 25.2 Å². The predicted molar refractivity (Wildman–Crippen MR) is 122 cm³/mol. The number of guanidine groups is 1. The first-order valence-electron chi connectivity index (χ1n) is 9.56. The summed E-state index contributed by atoms with van der Waals surface area (Å²) in [6, 6.07) is 6.80. The molecule has 0 spiro atoms. The normalized spacial score (nSPS) is 16.5. The highest BCUT2D eigenvalue weighted by atomic mass is 127. The van der Waals surface area contributed by atoms with Gasteiger partial charge < -0.3 is 20.3 Å². The van der Waals surface area contributed by atoms with E-state index in [1.54, 1.807) is 24.1 Å². The molecule has 0 saturated carbocycles. The minimum Gasteiger partial charge on any atom is -0.468 e. The molecule has 2 heterocycles. The molecule has 2 aromatic rings. The second-order valence-corrected chi connectivity index (χ2v) is 6.94. The number of nitrogens with one attached hydrogen (secondary N) is 2. The maximum absolute atomic E-state index is 14.0. The Hall–Kier alpha value is -2.38. The molecule has 1 aliphatic rings. The number of para-hydroxylation sites is 1. The van der Waals surface area contributed by atoms with Crippen molar-refractivity contribution in [3.8, 4) is 5.88 Å². The van der Waals surface area contributed by atoms with Gasteiger partial charge >= 0.3 is 6.18 Å². The maximum atomic E-state index is 14.0. The standard InChI is InChI=1S/C20H22F5N5O.HI/c1-26-19(28-10-13-4-3-8-27-18(13)31-12-20(23,24)25)29-14-7-9-30(11-14)17-15(21)5-2-6-16(17)22;/h2-6,8,14H,7,9-12H2,1H3,(H2,26,28,29);1H. The van der Waals surface area contributed by atoms with Gasteiger partial charge in [0.05, 0.1) is 0 Å². The maximum Gasteiger partial charge on any atom is 0.422 e. The first kappa shape index (κ1) is 25.9. The summed E-state index contributed by atoms with van der Waals surface area (Å²) in [5.74, 6) is -0.964. The molecule has 0 amide bonds. The van der Waals surface area contributed by atoms with Crippen molar-refractivity contribution < 1.29 is 26.7 Å². The number of hydrogen-bond donors (Lipinski definition) is 2. The van der Waals surface area contributed by atoms with Gasteiger partial charge in [0.1, 0.15) is 17.3 Å². The van der Waals surface area contributed by atoms with Gasteiger partial charge in [-0.15, -0.1) is 24.0 Å². The molecule has 1 aliphatic heterocycles. The number of alkyl halides is 3. The van der Waals surface area contributed by atoms with Gasteiger partial charge in [-0.25, -0.2) is 13.8 Å². The van der Waals surface area contributed by atoms with Crippen LogP contribution in [0.15, 0.2) is 41.5 Å². The zero-order valence-electron chi connectivity index (χ0n) is 17.1. The Labute approximate surface area is 199 Å². The van der Waals surface area contributed by atoms with Crippen molar-refractivity contribution in [1.82, 2.24) is 15.6 Å². The molecule has 12 heteroatoms. The summed E-state index contributed by atoms with van der Waals surface area (Å²) in [6.45, 7) is -0.483. The number of anilines is 1. The topological polar surface area (TPSA) is 61.8 Å². The molecule has 0 radical (unpaired) electrons. The SMILES string of the molecule is CN=C(NCc1cccnc1OCC(F)(F)F)NC1CCN(c2c(F)cccc2F)C1.I. The van der Waals surface area contributed by atoms with Crippen LogP contribution in [0.4, 0.5) is 27.6 Å². The molecule has 32 heavy (non-hydrogen) atoms. The van der Waals surface area contributed by atoms with Crippen LogP contribution in [0.3, 0.4) is 0 Å². The van der Waals surface area contributed by atoms with Crippen molar-refractivity contribution in [3.05, 3.63) is 53.7 Å². The Bertz CT molecular complexity index is 907. The minimum absolute atomic E-state index is 0. The lowest BCUT2D eigenvalue weighted by atomic mass is 10.2. The fourth-order valence-electron chi connectivity index (χ4n) is 3.28. The molecular formula is C20H23F5IN5O. The third kappa shape index (κ3) is 7.07. The van der Waals surface area contributed by atoms with E-state index in [9.17, 15) is 22.0 Å². The Kier molecular flexibility index (Phi) is 9.28. The smallest absolute Gasteiger partial charge is 0.422 e. The van der Waals surface area contributed by atoms with Crippen LogP contribution in [-0.4, -0.2) is 49.9 Å². The lowest BCUT2D eigenvalue weighted by Crippen LogP contribution is -2.44. The molecule has 0 bridgehead atoms. The molecular weight excluding hydrogens is 548 g/mol. The molecule has 1 aromatic carbocycles. The van der Waals surface area contributed by atoms with E-state index in [1.807, 2.05) is 0 Å². The summed E-state index contributed by atoms with van der Waals surface area (Å²) in [4.78, 5) is 9.57. The third-order valence-electron chi connectivity index (χ3n) is 4.68. The van der Waals surface area contributed by atoms with Crippen LogP contribution in [0, 0.1) is 11.6 Å². The molecule has 1 aromatic heterocycles. The first-order chi connectivity index (χ1) is 14.8. The van der Waals surface area contributed by atoms with Crippen molar-refractivity contribution in [1.29, 1.82) is 0 Å². The summed E-state index contributed by atoms with van der Waals surface area (Å²) in [5, 5.41) is 6.16. The van der Waals surface area contributed by atoms with Crippen LogP contribution in [0.1, 0.15) is 12.0 Å². The van der Waals surface area contributed by atoms with Gasteiger partial charge in [-0.2, -0.15) is 13.2 Å². The van der Waals surface area contributed by atoms with E-state index in [-0.39, 0.29) is 48.1 Å². The van der Waals surface area contributed by atoms with E-state index >= 15 is 0 Å². The fraction of sp³-hybridized carbons (Fsp3) is 0.400. The summed E-state index contributed by atoms with van der Waals surface area (Å²) < 4.78 is 70.1. The van der Waals surface area contributed by atoms with Gasteiger partial charge in [-0.1, -0.05) is 12.1 Å². The second kappa shape index (κ2) is 11.5. The summed E-state index contributed by atoms with van der Waals surface area (Å²) in [7, 11) is 1.54. The van der Waals surface area contributed by atoms with E-state index < -0.39 is 24.4 Å².